The van der Waals surface area contributed by atoms with E-state index in [2.05, 4.69) is 284 Å². The summed E-state index contributed by atoms with van der Waals surface area (Å²) >= 11 is 2.05. The molecule has 8 heterocycles. The Kier molecular flexibility index (Phi) is 8.21. The first-order chi connectivity index (χ1) is 39.3. The average Bonchev–Trinajstić information content (AvgIpc) is 4.00. The molecule has 19 rings (SSSR count). The summed E-state index contributed by atoms with van der Waals surface area (Å²) in [5, 5.41) is 0. The van der Waals surface area contributed by atoms with Crippen LogP contribution in [-0.4, -0.2) is 13.4 Å². The molecular formula is C70H42B2N6S. The maximum absolute atomic E-state index is 2.65. The molecule has 11 aromatic carbocycles. The van der Waals surface area contributed by atoms with Gasteiger partial charge >= 0.3 is 0 Å². The van der Waals surface area contributed by atoms with Crippen LogP contribution < -0.4 is 60.8 Å². The minimum atomic E-state index is -0.0748. The largest absolute Gasteiger partial charge is 0.307 e. The fourth-order valence-corrected chi connectivity index (χ4v) is 16.3. The molecule has 6 nitrogen and oxygen atoms in total. The van der Waals surface area contributed by atoms with Crippen LogP contribution in [0.3, 0.4) is 0 Å². The van der Waals surface area contributed by atoms with Gasteiger partial charge in [0.15, 0.2) is 0 Å². The van der Waals surface area contributed by atoms with E-state index in [1.807, 2.05) is 11.3 Å². The molecule has 0 saturated carbocycles. The molecule has 0 radical (unpaired) electrons. The fourth-order valence-electron chi connectivity index (χ4n) is 14.8. The Morgan fingerprint density at radius 2 is 0.633 bits per heavy atom. The van der Waals surface area contributed by atoms with Gasteiger partial charge in [-0.25, -0.2) is 0 Å². The molecule has 0 saturated heterocycles. The maximum Gasteiger partial charge on any atom is 0.264 e. The molecule has 9 heteroatoms. The van der Waals surface area contributed by atoms with Crippen LogP contribution in [0.15, 0.2) is 255 Å². The van der Waals surface area contributed by atoms with Crippen molar-refractivity contribution in [1.29, 1.82) is 0 Å². The molecule has 7 aliphatic rings. The zero-order valence-corrected chi connectivity index (χ0v) is 43.3. The molecule has 12 aromatic rings. The highest BCUT2D eigenvalue weighted by Gasteiger charge is 2.56. The van der Waals surface area contributed by atoms with Crippen LogP contribution in [-0.2, 0) is 0 Å². The fraction of sp³-hybridized carbons (Fsp3) is 0. The normalized spacial score (nSPS) is 14.4. The van der Waals surface area contributed by atoms with Crippen molar-refractivity contribution in [1.82, 2.24) is 0 Å². The highest BCUT2D eigenvalue weighted by Crippen LogP contribution is 2.63. The average molecular weight is 1020 g/mol. The number of nitrogens with zero attached hydrogens (tertiary/aromatic N) is 6. The first kappa shape index (κ1) is 42.2. The quantitative estimate of drug-likeness (QED) is 0.163. The Morgan fingerprint density at radius 3 is 1.15 bits per heavy atom. The smallest absolute Gasteiger partial charge is 0.264 e. The number of hydrogen-bond donors (Lipinski definition) is 0. The van der Waals surface area contributed by atoms with Crippen LogP contribution in [0.1, 0.15) is 0 Å². The first-order valence-electron chi connectivity index (χ1n) is 27.3. The van der Waals surface area contributed by atoms with Gasteiger partial charge in [-0.15, -0.1) is 0 Å². The van der Waals surface area contributed by atoms with Crippen molar-refractivity contribution in [3.05, 3.63) is 255 Å². The maximum atomic E-state index is 2.65. The molecule has 0 bridgehead atoms. The second-order valence-corrected chi connectivity index (χ2v) is 22.6. The number of fused-ring (bicyclic) bond motifs is 15. The van der Waals surface area contributed by atoms with Crippen LogP contribution in [0.2, 0.25) is 0 Å². The lowest BCUT2D eigenvalue weighted by Gasteiger charge is -2.51. The van der Waals surface area contributed by atoms with Gasteiger partial charge in [-0.3, -0.25) is 0 Å². The van der Waals surface area contributed by atoms with Gasteiger partial charge in [0.1, 0.15) is 0 Å². The highest BCUT2D eigenvalue weighted by atomic mass is 32.1. The van der Waals surface area contributed by atoms with Crippen molar-refractivity contribution in [2.45, 2.75) is 0 Å². The van der Waals surface area contributed by atoms with Crippen molar-refractivity contribution in [3.8, 4) is 22.3 Å². The van der Waals surface area contributed by atoms with Gasteiger partial charge in [0.2, 0.25) is 0 Å². The van der Waals surface area contributed by atoms with E-state index in [9.17, 15) is 0 Å². The summed E-state index contributed by atoms with van der Waals surface area (Å²) < 4.78 is 2.76. The monoisotopic (exact) mass is 1020 g/mol. The van der Waals surface area contributed by atoms with Crippen molar-refractivity contribution in [2.24, 2.45) is 0 Å². The Balaban J connectivity index is 0.932. The number of para-hydroxylation sites is 8. The Labute approximate surface area is 462 Å². The predicted octanol–water partition coefficient (Wildman–Crippen LogP) is 15.1. The number of benzene rings is 11. The lowest BCUT2D eigenvalue weighted by Crippen LogP contribution is -2.61. The summed E-state index contributed by atoms with van der Waals surface area (Å²) in [4.78, 5) is 15.5. The lowest BCUT2D eigenvalue weighted by atomic mass is 9.34. The van der Waals surface area contributed by atoms with Crippen molar-refractivity contribution < 1.29 is 0 Å². The van der Waals surface area contributed by atoms with Crippen molar-refractivity contribution in [3.63, 3.8) is 0 Å². The minimum Gasteiger partial charge on any atom is -0.307 e. The van der Waals surface area contributed by atoms with E-state index >= 15 is 0 Å². The zero-order valence-electron chi connectivity index (χ0n) is 42.5. The van der Waals surface area contributed by atoms with E-state index in [4.69, 9.17) is 0 Å². The molecule has 0 atom stereocenters. The Hall–Kier alpha value is -9.95. The van der Waals surface area contributed by atoms with E-state index < -0.39 is 0 Å². The van der Waals surface area contributed by atoms with Crippen LogP contribution in [0.25, 0.3) is 22.3 Å². The second kappa shape index (κ2) is 15.4. The van der Waals surface area contributed by atoms with E-state index in [1.54, 1.807) is 0 Å². The molecule has 0 aliphatic carbocycles. The third-order valence-corrected chi connectivity index (χ3v) is 19.0. The van der Waals surface area contributed by atoms with Crippen LogP contribution in [0.4, 0.5) is 102 Å². The second-order valence-electron chi connectivity index (χ2n) is 21.5. The van der Waals surface area contributed by atoms with Gasteiger partial charge in [0.25, 0.3) is 13.4 Å². The standard InChI is InChI=1S/C70H42B2N6S/c1-5-21-43(22-6-1)45-41-50-65-61(42-45)73(46-25-9-3-10-26-46)51-29-13-15-31-53(51)75(65)57-35-19-38-60-63(57)72(50)70-68-67-69(79-70)71-49-40-39-48(44-23-7-2-8-24-44)64-66(49)76(54-32-16-14-30-52(54)74(64)47-27-11-4-12-28-47)58-36-20-37-59(62(58)71)77(67)55-33-17-18-34-56(55)78(60)68/h1-42H. The van der Waals surface area contributed by atoms with Crippen molar-refractivity contribution >= 4 is 159 Å². The van der Waals surface area contributed by atoms with Gasteiger partial charge < -0.3 is 29.4 Å². The summed E-state index contributed by atoms with van der Waals surface area (Å²) in [6, 6.07) is 95.2. The number of anilines is 18. The molecule has 0 fully saturated rings. The van der Waals surface area contributed by atoms with Gasteiger partial charge in [0, 0.05) is 49.2 Å². The molecule has 0 N–H and O–H groups in total. The first-order valence-corrected chi connectivity index (χ1v) is 28.2. The molecule has 0 spiro atoms. The molecular weight excluding hydrogens is 979 g/mol. The van der Waals surface area contributed by atoms with Gasteiger partial charge in [-0.05, 0) is 130 Å². The topological polar surface area (TPSA) is 19.4 Å². The number of hydrogen-bond acceptors (Lipinski definition) is 7. The van der Waals surface area contributed by atoms with Crippen LogP contribution >= 0.6 is 11.3 Å². The highest BCUT2D eigenvalue weighted by molar-refractivity contribution is 7.39. The Morgan fingerprint density at radius 1 is 0.241 bits per heavy atom. The van der Waals surface area contributed by atoms with E-state index in [-0.39, 0.29) is 13.4 Å². The van der Waals surface area contributed by atoms with Crippen LogP contribution in [0, 0.1) is 0 Å². The Bertz CT molecular complexity index is 4620. The summed E-state index contributed by atoms with van der Waals surface area (Å²) in [7, 11) is 0. The van der Waals surface area contributed by atoms with Crippen molar-refractivity contribution in [2.75, 3.05) is 29.4 Å². The third-order valence-electron chi connectivity index (χ3n) is 17.7. The molecule has 79 heavy (non-hydrogen) atoms. The summed E-state index contributed by atoms with van der Waals surface area (Å²) in [5.74, 6) is 0. The van der Waals surface area contributed by atoms with E-state index in [0.29, 0.717) is 0 Å². The summed E-state index contributed by atoms with van der Waals surface area (Å²) in [5.41, 5.74) is 31.8. The van der Waals surface area contributed by atoms with Gasteiger partial charge in [-0.2, -0.15) is 11.3 Å². The third kappa shape index (κ3) is 5.33. The van der Waals surface area contributed by atoms with Gasteiger partial charge in [0.05, 0.1) is 68.2 Å². The summed E-state index contributed by atoms with van der Waals surface area (Å²) in [6.07, 6.45) is 0. The molecule has 364 valence electrons. The zero-order chi connectivity index (χ0) is 51.2. The van der Waals surface area contributed by atoms with E-state index in [1.165, 1.54) is 133 Å². The van der Waals surface area contributed by atoms with E-state index in [0.717, 1.165) is 22.7 Å². The van der Waals surface area contributed by atoms with Crippen LogP contribution in [0.5, 0.6) is 0 Å². The SMILES string of the molecule is c1ccc(-c2cc3c4c(c2)N(c2ccccc2)c2ccccc2N4c2cccc4c2B3c2sc3c5c2N4c2ccccc2N5c2cccc4c2B3c2ccc(-c3ccccc3)c3c2N4c2ccccc2N3c2ccccc2)cc1. The number of thiophene rings is 1. The van der Waals surface area contributed by atoms with Gasteiger partial charge in [-0.1, -0.05) is 164 Å². The molecule has 0 amide bonds. The molecule has 7 aliphatic heterocycles. The lowest BCUT2D eigenvalue weighted by molar-refractivity contribution is 1.16. The summed E-state index contributed by atoms with van der Waals surface area (Å²) in [6.45, 7) is -0.139. The molecule has 0 unspecified atom stereocenters. The minimum absolute atomic E-state index is 0.0643. The molecule has 1 aromatic heterocycles. The predicted molar refractivity (Wildman–Crippen MR) is 333 cm³/mol. The number of rotatable bonds is 4.